The summed E-state index contributed by atoms with van der Waals surface area (Å²) in [4.78, 5) is 21.4. The van der Waals surface area contributed by atoms with E-state index in [1.807, 2.05) is 17.5 Å². The van der Waals surface area contributed by atoms with Crippen molar-refractivity contribution < 1.29 is 4.79 Å². The molecule has 0 saturated carbocycles. The molecule has 1 N–H and O–H groups in total. The molecule has 0 fully saturated rings. The third kappa shape index (κ3) is 3.46. The monoisotopic (exact) mass is 405 g/mol. The van der Waals surface area contributed by atoms with Gasteiger partial charge in [0.25, 0.3) is 5.91 Å². The molecule has 0 unspecified atom stereocenters. The maximum absolute atomic E-state index is 12.3. The summed E-state index contributed by atoms with van der Waals surface area (Å²) >= 11 is 3.04. The number of aromatic nitrogens is 1. The average molecular weight is 406 g/mol. The number of benzene rings is 2. The molecule has 5 rings (SSSR count). The van der Waals surface area contributed by atoms with E-state index in [2.05, 4.69) is 57.7 Å². The fourth-order valence-corrected chi connectivity index (χ4v) is 5.34. The number of anilines is 1. The molecule has 1 aliphatic heterocycles. The highest BCUT2D eigenvalue weighted by molar-refractivity contribution is 7.16. The van der Waals surface area contributed by atoms with Crippen LogP contribution in [0.4, 0.5) is 5.13 Å². The van der Waals surface area contributed by atoms with E-state index in [0.29, 0.717) is 10.0 Å². The van der Waals surface area contributed by atoms with Gasteiger partial charge < -0.3 is 0 Å². The molecule has 4 aromatic rings. The van der Waals surface area contributed by atoms with Crippen LogP contribution in [-0.4, -0.2) is 22.3 Å². The van der Waals surface area contributed by atoms with Crippen molar-refractivity contribution >= 4 is 44.5 Å². The smallest absolute Gasteiger partial charge is 0.267 e. The number of rotatable bonds is 4. The largest absolute Gasteiger partial charge is 0.297 e. The Bertz CT molecular complexity index is 1130. The lowest BCUT2D eigenvalue weighted by molar-refractivity contribution is 0.103. The first-order valence-electron chi connectivity index (χ1n) is 9.29. The van der Waals surface area contributed by atoms with E-state index in [9.17, 15) is 4.79 Å². The van der Waals surface area contributed by atoms with E-state index in [4.69, 9.17) is 0 Å². The molecule has 2 aromatic carbocycles. The predicted octanol–water partition coefficient (Wildman–Crippen LogP) is 5.17. The zero-order valence-electron chi connectivity index (χ0n) is 15.2. The summed E-state index contributed by atoms with van der Waals surface area (Å²) in [5.74, 6) is -0.0753. The molecule has 0 radical (unpaired) electrons. The molecule has 0 bridgehead atoms. The molecule has 0 aliphatic carbocycles. The van der Waals surface area contributed by atoms with Gasteiger partial charge in [-0.15, -0.1) is 22.7 Å². The fraction of sp³-hybridized carbons (Fsp3) is 0.182. The number of amides is 1. The first kappa shape index (κ1) is 17.6. The molecule has 1 amide bonds. The molecule has 4 nitrogen and oxygen atoms in total. The number of nitrogens with one attached hydrogen (secondary N) is 1. The molecule has 140 valence electrons. The quantitative estimate of drug-likeness (QED) is 0.510. The van der Waals surface area contributed by atoms with E-state index in [1.54, 1.807) is 11.3 Å². The lowest BCUT2D eigenvalue weighted by atomic mass is 10.0. The second-order valence-electron chi connectivity index (χ2n) is 6.92. The third-order valence-electron chi connectivity index (χ3n) is 5.05. The van der Waals surface area contributed by atoms with Gasteiger partial charge in [-0.3, -0.25) is 15.0 Å². The Balaban J connectivity index is 1.31. The summed E-state index contributed by atoms with van der Waals surface area (Å²) < 4.78 is 0. The zero-order valence-corrected chi connectivity index (χ0v) is 16.9. The Hall–Kier alpha value is -2.54. The van der Waals surface area contributed by atoms with E-state index in [0.717, 1.165) is 31.7 Å². The van der Waals surface area contributed by atoms with E-state index < -0.39 is 0 Å². The van der Waals surface area contributed by atoms with Crippen molar-refractivity contribution in [2.24, 2.45) is 0 Å². The molecule has 2 aromatic heterocycles. The van der Waals surface area contributed by atoms with Crippen LogP contribution in [0.2, 0.25) is 0 Å². The summed E-state index contributed by atoms with van der Waals surface area (Å²) in [6.07, 6.45) is 0.922. The van der Waals surface area contributed by atoms with Crippen molar-refractivity contribution in [2.75, 3.05) is 11.9 Å². The van der Waals surface area contributed by atoms with E-state index in [-0.39, 0.29) is 5.91 Å². The van der Waals surface area contributed by atoms with Crippen LogP contribution in [0, 0.1) is 0 Å². The maximum atomic E-state index is 12.3. The van der Waals surface area contributed by atoms with Crippen LogP contribution in [0.15, 0.2) is 60.0 Å². The summed E-state index contributed by atoms with van der Waals surface area (Å²) in [6, 6.07) is 18.8. The van der Waals surface area contributed by atoms with Gasteiger partial charge >= 0.3 is 0 Å². The van der Waals surface area contributed by atoms with Gasteiger partial charge in [-0.1, -0.05) is 48.5 Å². The summed E-state index contributed by atoms with van der Waals surface area (Å²) in [5, 5.41) is 8.17. The van der Waals surface area contributed by atoms with Crippen molar-refractivity contribution in [3.63, 3.8) is 0 Å². The minimum absolute atomic E-state index is 0.0753. The topological polar surface area (TPSA) is 45.2 Å². The Kier molecular flexibility index (Phi) is 4.68. The van der Waals surface area contributed by atoms with Crippen LogP contribution in [0.25, 0.3) is 10.8 Å². The minimum Gasteiger partial charge on any atom is -0.297 e. The van der Waals surface area contributed by atoms with Crippen molar-refractivity contribution in [1.29, 1.82) is 0 Å². The summed E-state index contributed by atoms with van der Waals surface area (Å²) in [5.41, 5.74) is 2.48. The van der Waals surface area contributed by atoms with Crippen LogP contribution < -0.4 is 5.32 Å². The fourth-order valence-electron chi connectivity index (χ4n) is 3.67. The maximum Gasteiger partial charge on any atom is 0.267 e. The standard InChI is InChI=1S/C22H19N3OS2/c26-21(19-9-4-12-27-19)24-22-23-18-10-11-25(14-20(18)28-22)13-16-7-3-6-15-5-1-2-8-17(15)16/h1-9,12H,10-11,13-14H2,(H,23,24,26). The number of fused-ring (bicyclic) bond motifs is 2. The Morgan fingerprint density at radius 2 is 2.00 bits per heavy atom. The molecular weight excluding hydrogens is 386 g/mol. The van der Waals surface area contributed by atoms with Crippen molar-refractivity contribution in [3.05, 3.63) is 81.0 Å². The van der Waals surface area contributed by atoms with Crippen molar-refractivity contribution in [3.8, 4) is 0 Å². The van der Waals surface area contributed by atoms with Gasteiger partial charge in [0.2, 0.25) is 0 Å². The predicted molar refractivity (Wildman–Crippen MR) is 116 cm³/mol. The Labute approximate surface area is 171 Å². The summed E-state index contributed by atoms with van der Waals surface area (Å²) in [6.45, 7) is 2.79. The first-order chi connectivity index (χ1) is 13.8. The number of thiazole rings is 1. The molecule has 0 spiro atoms. The van der Waals surface area contributed by atoms with Crippen LogP contribution in [0.5, 0.6) is 0 Å². The minimum atomic E-state index is -0.0753. The first-order valence-corrected chi connectivity index (χ1v) is 11.0. The molecule has 3 heterocycles. The zero-order chi connectivity index (χ0) is 18.9. The molecule has 28 heavy (non-hydrogen) atoms. The number of nitrogens with zero attached hydrogens (tertiary/aromatic N) is 2. The number of hydrogen-bond acceptors (Lipinski definition) is 5. The number of carbonyl (C=O) groups excluding carboxylic acids is 1. The van der Waals surface area contributed by atoms with Crippen LogP contribution in [-0.2, 0) is 19.5 Å². The highest BCUT2D eigenvalue weighted by atomic mass is 32.1. The molecule has 1 aliphatic rings. The van der Waals surface area contributed by atoms with Gasteiger partial charge in [0.05, 0.1) is 10.6 Å². The lowest BCUT2D eigenvalue weighted by Gasteiger charge is -2.26. The normalized spacial score (nSPS) is 14.1. The van der Waals surface area contributed by atoms with Gasteiger partial charge in [0.1, 0.15) is 0 Å². The van der Waals surface area contributed by atoms with Crippen molar-refractivity contribution in [1.82, 2.24) is 9.88 Å². The van der Waals surface area contributed by atoms with Gasteiger partial charge in [0, 0.05) is 30.9 Å². The SMILES string of the molecule is O=C(Nc1nc2c(s1)CN(Cc1cccc3ccccc13)CC2)c1cccs1. The molecule has 6 heteroatoms. The summed E-state index contributed by atoms with van der Waals surface area (Å²) in [7, 11) is 0. The van der Waals surface area contributed by atoms with Gasteiger partial charge in [-0.25, -0.2) is 4.98 Å². The van der Waals surface area contributed by atoms with Crippen molar-refractivity contribution in [2.45, 2.75) is 19.5 Å². The third-order valence-corrected chi connectivity index (χ3v) is 6.92. The van der Waals surface area contributed by atoms with E-state index in [1.165, 1.54) is 32.5 Å². The average Bonchev–Trinajstić information content (AvgIpc) is 3.37. The Morgan fingerprint density at radius 1 is 1.11 bits per heavy atom. The number of carbonyl (C=O) groups is 1. The highest BCUT2D eigenvalue weighted by Gasteiger charge is 2.22. The Morgan fingerprint density at radius 3 is 2.89 bits per heavy atom. The van der Waals surface area contributed by atoms with Gasteiger partial charge in [0.15, 0.2) is 5.13 Å². The van der Waals surface area contributed by atoms with Crippen LogP contribution in [0.3, 0.4) is 0 Å². The van der Waals surface area contributed by atoms with Crippen LogP contribution in [0.1, 0.15) is 25.8 Å². The number of thiophene rings is 1. The van der Waals surface area contributed by atoms with Gasteiger partial charge in [-0.05, 0) is 27.8 Å². The van der Waals surface area contributed by atoms with E-state index >= 15 is 0 Å². The van der Waals surface area contributed by atoms with Crippen LogP contribution >= 0.6 is 22.7 Å². The second kappa shape index (κ2) is 7.47. The molecular formula is C22H19N3OS2. The molecule has 0 saturated heterocycles. The lowest BCUT2D eigenvalue weighted by Crippen LogP contribution is -2.29. The molecule has 0 atom stereocenters. The highest BCUT2D eigenvalue weighted by Crippen LogP contribution is 2.30. The number of hydrogen-bond donors (Lipinski definition) is 1. The van der Waals surface area contributed by atoms with Gasteiger partial charge in [-0.2, -0.15) is 0 Å². The second-order valence-corrected chi connectivity index (χ2v) is 8.95.